The minimum atomic E-state index is -0.245. The lowest BCUT2D eigenvalue weighted by molar-refractivity contribution is -0.121. The van der Waals surface area contributed by atoms with Crippen molar-refractivity contribution >= 4 is 5.91 Å². The first-order valence-corrected chi connectivity index (χ1v) is 4.70. The first-order chi connectivity index (χ1) is 6.79. The quantitative estimate of drug-likeness (QED) is 0.684. The Kier molecular flexibility index (Phi) is 2.45. The van der Waals surface area contributed by atoms with E-state index in [1.807, 2.05) is 18.2 Å². The number of primary amides is 1. The summed E-state index contributed by atoms with van der Waals surface area (Å²) in [7, 11) is 0. The zero-order valence-electron chi connectivity index (χ0n) is 7.81. The molecule has 1 fully saturated rings. The van der Waals surface area contributed by atoms with Crippen molar-refractivity contribution in [3.8, 4) is 0 Å². The van der Waals surface area contributed by atoms with Gasteiger partial charge in [0.1, 0.15) is 0 Å². The number of carbonyl (C=O) groups is 1. The zero-order valence-corrected chi connectivity index (χ0v) is 7.81. The molecule has 2 unspecified atom stereocenters. The van der Waals surface area contributed by atoms with Crippen LogP contribution in [0.2, 0.25) is 0 Å². The molecule has 2 atom stereocenters. The van der Waals surface area contributed by atoms with Gasteiger partial charge >= 0.3 is 0 Å². The standard InChI is InChI=1S/C10H13N3O/c11-10(14)8-6-12-5-7(8)9-3-1-2-4-13-9/h1-4,7-8,12H,5-6H2,(H2,11,14). The molecule has 2 heterocycles. The highest BCUT2D eigenvalue weighted by atomic mass is 16.1. The van der Waals surface area contributed by atoms with Gasteiger partial charge in [-0.3, -0.25) is 9.78 Å². The number of rotatable bonds is 2. The Balaban J connectivity index is 2.22. The summed E-state index contributed by atoms with van der Waals surface area (Å²) in [5.41, 5.74) is 6.26. The maximum Gasteiger partial charge on any atom is 0.222 e. The van der Waals surface area contributed by atoms with E-state index in [0.717, 1.165) is 12.2 Å². The van der Waals surface area contributed by atoms with Crippen molar-refractivity contribution in [3.63, 3.8) is 0 Å². The fourth-order valence-corrected chi connectivity index (χ4v) is 1.88. The first kappa shape index (κ1) is 9.15. The average molecular weight is 191 g/mol. The molecule has 0 aromatic carbocycles. The molecule has 0 bridgehead atoms. The summed E-state index contributed by atoms with van der Waals surface area (Å²) in [5, 5.41) is 3.16. The summed E-state index contributed by atoms with van der Waals surface area (Å²) in [6, 6.07) is 5.73. The maximum atomic E-state index is 11.1. The van der Waals surface area contributed by atoms with Crippen molar-refractivity contribution in [1.29, 1.82) is 0 Å². The van der Waals surface area contributed by atoms with Gasteiger partial charge in [0, 0.05) is 30.9 Å². The lowest BCUT2D eigenvalue weighted by atomic mass is 9.92. The summed E-state index contributed by atoms with van der Waals surface area (Å²) < 4.78 is 0. The predicted molar refractivity (Wildman–Crippen MR) is 52.5 cm³/mol. The van der Waals surface area contributed by atoms with Gasteiger partial charge in [-0.2, -0.15) is 0 Å². The number of aromatic nitrogens is 1. The number of carbonyl (C=O) groups excluding carboxylic acids is 1. The van der Waals surface area contributed by atoms with E-state index in [-0.39, 0.29) is 17.7 Å². The number of amides is 1. The molecular formula is C10H13N3O. The second kappa shape index (κ2) is 3.75. The smallest absolute Gasteiger partial charge is 0.222 e. The number of hydrogen-bond donors (Lipinski definition) is 2. The van der Waals surface area contributed by atoms with Gasteiger partial charge < -0.3 is 11.1 Å². The van der Waals surface area contributed by atoms with Gasteiger partial charge in [0.2, 0.25) is 5.91 Å². The van der Waals surface area contributed by atoms with Crippen LogP contribution in [0.25, 0.3) is 0 Å². The van der Waals surface area contributed by atoms with Crippen molar-refractivity contribution in [1.82, 2.24) is 10.3 Å². The third kappa shape index (κ3) is 1.61. The highest BCUT2D eigenvalue weighted by Gasteiger charge is 2.33. The van der Waals surface area contributed by atoms with Crippen LogP contribution in [-0.2, 0) is 4.79 Å². The van der Waals surface area contributed by atoms with E-state index in [1.165, 1.54) is 0 Å². The van der Waals surface area contributed by atoms with Crippen molar-refractivity contribution in [2.24, 2.45) is 11.7 Å². The number of nitrogens with two attached hydrogens (primary N) is 1. The number of nitrogens with one attached hydrogen (secondary N) is 1. The molecule has 4 nitrogen and oxygen atoms in total. The van der Waals surface area contributed by atoms with Crippen molar-refractivity contribution in [2.45, 2.75) is 5.92 Å². The van der Waals surface area contributed by atoms with Gasteiger partial charge in [0.25, 0.3) is 0 Å². The third-order valence-electron chi connectivity index (χ3n) is 2.65. The Hall–Kier alpha value is -1.42. The molecule has 0 aliphatic carbocycles. The molecular weight excluding hydrogens is 178 g/mol. The molecule has 1 aromatic heterocycles. The minimum absolute atomic E-state index is 0.120. The summed E-state index contributed by atoms with van der Waals surface area (Å²) in [4.78, 5) is 15.4. The van der Waals surface area contributed by atoms with Crippen LogP contribution in [0.3, 0.4) is 0 Å². The topological polar surface area (TPSA) is 68.0 Å². The highest BCUT2D eigenvalue weighted by molar-refractivity contribution is 5.78. The lowest BCUT2D eigenvalue weighted by Crippen LogP contribution is -2.28. The van der Waals surface area contributed by atoms with Crippen LogP contribution in [-0.4, -0.2) is 24.0 Å². The fourth-order valence-electron chi connectivity index (χ4n) is 1.88. The van der Waals surface area contributed by atoms with Crippen LogP contribution < -0.4 is 11.1 Å². The molecule has 14 heavy (non-hydrogen) atoms. The molecule has 1 saturated heterocycles. The van der Waals surface area contributed by atoms with Crippen LogP contribution >= 0.6 is 0 Å². The predicted octanol–water partition coefficient (Wildman–Crippen LogP) is -0.130. The van der Waals surface area contributed by atoms with Crippen molar-refractivity contribution in [3.05, 3.63) is 30.1 Å². The largest absolute Gasteiger partial charge is 0.369 e. The second-order valence-electron chi connectivity index (χ2n) is 3.53. The van der Waals surface area contributed by atoms with E-state index in [9.17, 15) is 4.79 Å². The molecule has 3 N–H and O–H groups in total. The van der Waals surface area contributed by atoms with Gasteiger partial charge in [-0.05, 0) is 12.1 Å². The number of nitrogens with zero attached hydrogens (tertiary/aromatic N) is 1. The molecule has 0 spiro atoms. The van der Waals surface area contributed by atoms with Gasteiger partial charge in [0.15, 0.2) is 0 Å². The van der Waals surface area contributed by atoms with Crippen LogP contribution in [0, 0.1) is 5.92 Å². The molecule has 0 radical (unpaired) electrons. The Labute approximate surface area is 82.5 Å². The van der Waals surface area contributed by atoms with E-state index in [1.54, 1.807) is 6.20 Å². The average Bonchev–Trinajstić information content (AvgIpc) is 2.67. The lowest BCUT2D eigenvalue weighted by Gasteiger charge is -2.14. The zero-order chi connectivity index (χ0) is 9.97. The fraction of sp³-hybridized carbons (Fsp3) is 0.400. The number of hydrogen-bond acceptors (Lipinski definition) is 3. The first-order valence-electron chi connectivity index (χ1n) is 4.70. The molecule has 1 amide bonds. The summed E-state index contributed by atoms with van der Waals surface area (Å²) in [5.74, 6) is -0.232. The molecule has 1 aromatic rings. The van der Waals surface area contributed by atoms with Gasteiger partial charge in [-0.1, -0.05) is 6.07 Å². The molecule has 1 aliphatic rings. The van der Waals surface area contributed by atoms with Crippen LogP contribution in [0.4, 0.5) is 0 Å². The maximum absolute atomic E-state index is 11.1. The normalized spacial score (nSPS) is 26.3. The second-order valence-corrected chi connectivity index (χ2v) is 3.53. The Morgan fingerprint density at radius 1 is 1.50 bits per heavy atom. The van der Waals surface area contributed by atoms with Gasteiger partial charge in [-0.25, -0.2) is 0 Å². The van der Waals surface area contributed by atoms with Crippen LogP contribution in [0.15, 0.2) is 24.4 Å². The van der Waals surface area contributed by atoms with E-state index in [2.05, 4.69) is 10.3 Å². The van der Waals surface area contributed by atoms with Gasteiger partial charge in [-0.15, -0.1) is 0 Å². The summed E-state index contributed by atoms with van der Waals surface area (Å²) in [6.45, 7) is 1.45. The van der Waals surface area contributed by atoms with Crippen LogP contribution in [0.5, 0.6) is 0 Å². The minimum Gasteiger partial charge on any atom is -0.369 e. The third-order valence-corrected chi connectivity index (χ3v) is 2.65. The Morgan fingerprint density at radius 3 is 3.00 bits per heavy atom. The van der Waals surface area contributed by atoms with E-state index in [4.69, 9.17) is 5.73 Å². The molecule has 2 rings (SSSR count). The van der Waals surface area contributed by atoms with E-state index >= 15 is 0 Å². The Morgan fingerprint density at radius 2 is 2.36 bits per heavy atom. The van der Waals surface area contributed by atoms with E-state index in [0.29, 0.717) is 6.54 Å². The highest BCUT2D eigenvalue weighted by Crippen LogP contribution is 2.25. The molecule has 74 valence electrons. The number of pyridine rings is 1. The van der Waals surface area contributed by atoms with Crippen molar-refractivity contribution < 1.29 is 4.79 Å². The van der Waals surface area contributed by atoms with Crippen molar-refractivity contribution in [2.75, 3.05) is 13.1 Å². The van der Waals surface area contributed by atoms with E-state index < -0.39 is 0 Å². The molecule has 0 saturated carbocycles. The molecule has 1 aliphatic heterocycles. The van der Waals surface area contributed by atoms with Gasteiger partial charge in [0.05, 0.1) is 5.92 Å². The Bertz CT molecular complexity index is 325. The summed E-state index contributed by atoms with van der Waals surface area (Å²) >= 11 is 0. The van der Waals surface area contributed by atoms with Crippen LogP contribution in [0.1, 0.15) is 11.6 Å². The summed E-state index contributed by atoms with van der Waals surface area (Å²) in [6.07, 6.45) is 1.74. The SMILES string of the molecule is NC(=O)C1CNCC1c1ccccn1. The monoisotopic (exact) mass is 191 g/mol. The molecule has 4 heteroatoms.